The van der Waals surface area contributed by atoms with E-state index in [1.807, 2.05) is 41.8 Å². The molecule has 0 aliphatic carbocycles. The summed E-state index contributed by atoms with van der Waals surface area (Å²) in [7, 11) is 1.60. The molecule has 0 aliphatic heterocycles. The zero-order valence-electron chi connectivity index (χ0n) is 15.2. The summed E-state index contributed by atoms with van der Waals surface area (Å²) in [5.41, 5.74) is 0.910. The van der Waals surface area contributed by atoms with Gasteiger partial charge in [-0.3, -0.25) is 4.79 Å². The van der Waals surface area contributed by atoms with Crippen LogP contribution in [0.3, 0.4) is 0 Å². The van der Waals surface area contributed by atoms with Crippen molar-refractivity contribution in [1.82, 2.24) is 4.90 Å². The van der Waals surface area contributed by atoms with E-state index in [1.54, 1.807) is 23.3 Å². The van der Waals surface area contributed by atoms with E-state index < -0.39 is 11.6 Å². The minimum atomic E-state index is -0.915. The molecule has 2 aromatic carbocycles. The zero-order chi connectivity index (χ0) is 19.9. The van der Waals surface area contributed by atoms with Crippen molar-refractivity contribution in [1.29, 1.82) is 0 Å². The van der Waals surface area contributed by atoms with E-state index in [0.717, 1.165) is 28.3 Å². The molecule has 0 bridgehead atoms. The fourth-order valence-corrected chi connectivity index (χ4v) is 4.21. The number of carbonyl (C=O) groups excluding carboxylic acids is 1. The van der Waals surface area contributed by atoms with Crippen molar-refractivity contribution in [3.05, 3.63) is 82.1 Å². The van der Waals surface area contributed by atoms with Crippen LogP contribution in [0.25, 0.3) is 0 Å². The van der Waals surface area contributed by atoms with Gasteiger partial charge in [-0.1, -0.05) is 24.3 Å². The van der Waals surface area contributed by atoms with Crippen LogP contribution in [0, 0.1) is 11.6 Å². The molecule has 0 saturated carbocycles. The molecule has 0 fully saturated rings. The van der Waals surface area contributed by atoms with Gasteiger partial charge in [-0.2, -0.15) is 0 Å². The van der Waals surface area contributed by atoms with Crippen LogP contribution in [0.5, 0.6) is 5.75 Å². The quantitative estimate of drug-likeness (QED) is 0.461. The van der Waals surface area contributed by atoms with Crippen molar-refractivity contribution in [2.45, 2.75) is 18.0 Å². The van der Waals surface area contributed by atoms with E-state index in [-0.39, 0.29) is 11.7 Å². The maximum absolute atomic E-state index is 13.4. The van der Waals surface area contributed by atoms with Crippen molar-refractivity contribution in [3.63, 3.8) is 0 Å². The molecular weight excluding hydrogens is 400 g/mol. The first-order valence-corrected chi connectivity index (χ1v) is 10.4. The van der Waals surface area contributed by atoms with Crippen molar-refractivity contribution in [2.24, 2.45) is 0 Å². The third kappa shape index (κ3) is 5.33. The summed E-state index contributed by atoms with van der Waals surface area (Å²) in [5.74, 6) is -1.05. The second-order valence-corrected chi connectivity index (χ2v) is 8.09. The molecule has 3 aromatic rings. The van der Waals surface area contributed by atoms with Crippen molar-refractivity contribution in [3.8, 4) is 5.75 Å². The molecule has 1 amide bonds. The number of thioether (sulfide) groups is 1. The maximum atomic E-state index is 13.4. The SMILES string of the molecule is COc1ccccc1CN(Cc1cccs1)C(=O)CSc1ccc(F)c(F)c1. The van der Waals surface area contributed by atoms with Gasteiger partial charge in [0.05, 0.1) is 19.4 Å². The number of halogens is 2. The van der Waals surface area contributed by atoms with Gasteiger partial charge in [-0.25, -0.2) is 8.78 Å². The monoisotopic (exact) mass is 419 g/mol. The van der Waals surface area contributed by atoms with E-state index in [1.165, 1.54) is 17.8 Å². The van der Waals surface area contributed by atoms with Crippen LogP contribution >= 0.6 is 23.1 Å². The topological polar surface area (TPSA) is 29.5 Å². The van der Waals surface area contributed by atoms with Crippen LogP contribution in [0.4, 0.5) is 8.78 Å². The Bertz CT molecular complexity index is 932. The first-order chi connectivity index (χ1) is 13.6. The van der Waals surface area contributed by atoms with Crippen LogP contribution in [0.15, 0.2) is 64.9 Å². The third-order valence-corrected chi connectivity index (χ3v) is 5.93. The molecular formula is C21H19F2NO2S2. The summed E-state index contributed by atoms with van der Waals surface area (Å²) in [4.78, 5) is 16.2. The largest absolute Gasteiger partial charge is 0.496 e. The number of benzene rings is 2. The smallest absolute Gasteiger partial charge is 0.233 e. The van der Waals surface area contributed by atoms with Gasteiger partial charge in [0.1, 0.15) is 5.75 Å². The molecule has 0 saturated heterocycles. The highest BCUT2D eigenvalue weighted by molar-refractivity contribution is 8.00. The van der Waals surface area contributed by atoms with Gasteiger partial charge in [0, 0.05) is 21.9 Å². The normalized spacial score (nSPS) is 10.7. The number of amides is 1. The number of hydrogen-bond acceptors (Lipinski definition) is 4. The van der Waals surface area contributed by atoms with Crippen LogP contribution in [0.1, 0.15) is 10.4 Å². The minimum absolute atomic E-state index is 0.0889. The number of methoxy groups -OCH3 is 1. The van der Waals surface area contributed by atoms with Gasteiger partial charge in [0.25, 0.3) is 0 Å². The molecule has 146 valence electrons. The molecule has 3 rings (SSSR count). The number of ether oxygens (including phenoxy) is 1. The van der Waals surface area contributed by atoms with E-state index >= 15 is 0 Å². The fraction of sp³-hybridized carbons (Fsp3) is 0.190. The molecule has 0 unspecified atom stereocenters. The van der Waals surface area contributed by atoms with Gasteiger partial charge in [0.2, 0.25) is 5.91 Å². The van der Waals surface area contributed by atoms with E-state index in [0.29, 0.717) is 18.0 Å². The average molecular weight is 420 g/mol. The third-order valence-electron chi connectivity index (χ3n) is 4.09. The van der Waals surface area contributed by atoms with Gasteiger partial charge in [0.15, 0.2) is 11.6 Å². The number of hydrogen-bond donors (Lipinski definition) is 0. The molecule has 28 heavy (non-hydrogen) atoms. The lowest BCUT2D eigenvalue weighted by Crippen LogP contribution is -2.31. The number of carbonyl (C=O) groups is 1. The van der Waals surface area contributed by atoms with E-state index in [9.17, 15) is 13.6 Å². The number of rotatable bonds is 8. The van der Waals surface area contributed by atoms with Gasteiger partial charge in [-0.05, 0) is 35.7 Å². The molecule has 0 atom stereocenters. The number of thiophene rings is 1. The Morgan fingerprint density at radius 2 is 1.89 bits per heavy atom. The molecule has 0 radical (unpaired) electrons. The van der Waals surface area contributed by atoms with E-state index in [4.69, 9.17) is 4.74 Å². The Hall–Kier alpha value is -2.38. The van der Waals surface area contributed by atoms with Crippen LogP contribution in [-0.4, -0.2) is 23.7 Å². The summed E-state index contributed by atoms with van der Waals surface area (Å²) in [6.45, 7) is 0.881. The van der Waals surface area contributed by atoms with Crippen molar-refractivity contribution < 1.29 is 18.3 Å². The summed E-state index contributed by atoms with van der Waals surface area (Å²) >= 11 is 2.77. The summed E-state index contributed by atoms with van der Waals surface area (Å²) in [5, 5.41) is 1.97. The van der Waals surface area contributed by atoms with Gasteiger partial charge < -0.3 is 9.64 Å². The Kier molecular flexibility index (Phi) is 7.06. The molecule has 0 aliphatic rings. The van der Waals surface area contributed by atoms with Gasteiger partial charge >= 0.3 is 0 Å². The van der Waals surface area contributed by atoms with Crippen LogP contribution < -0.4 is 4.74 Å². The maximum Gasteiger partial charge on any atom is 0.233 e. The molecule has 0 N–H and O–H groups in total. The van der Waals surface area contributed by atoms with Gasteiger partial charge in [-0.15, -0.1) is 23.1 Å². The fourth-order valence-electron chi connectivity index (χ4n) is 2.67. The second-order valence-electron chi connectivity index (χ2n) is 6.01. The molecule has 3 nitrogen and oxygen atoms in total. The lowest BCUT2D eigenvalue weighted by Gasteiger charge is -2.23. The first kappa shape index (κ1) is 20.4. The highest BCUT2D eigenvalue weighted by atomic mass is 32.2. The number of nitrogens with zero attached hydrogens (tertiary/aromatic N) is 1. The predicted octanol–water partition coefficient (Wildman–Crippen LogP) is 5.36. The molecule has 0 spiro atoms. The average Bonchev–Trinajstić information content (AvgIpc) is 3.21. The molecule has 7 heteroatoms. The summed E-state index contributed by atoms with van der Waals surface area (Å²) in [6.07, 6.45) is 0. The lowest BCUT2D eigenvalue weighted by molar-refractivity contribution is -0.129. The Morgan fingerprint density at radius 1 is 1.07 bits per heavy atom. The lowest BCUT2D eigenvalue weighted by atomic mass is 10.2. The molecule has 1 aromatic heterocycles. The first-order valence-electron chi connectivity index (χ1n) is 8.56. The Labute approximate surface area is 170 Å². The zero-order valence-corrected chi connectivity index (χ0v) is 16.9. The Balaban J connectivity index is 1.73. The summed E-state index contributed by atoms with van der Waals surface area (Å²) in [6, 6.07) is 15.2. The van der Waals surface area contributed by atoms with Crippen LogP contribution in [-0.2, 0) is 17.9 Å². The number of para-hydroxylation sites is 1. The Morgan fingerprint density at radius 3 is 2.61 bits per heavy atom. The van der Waals surface area contributed by atoms with Crippen molar-refractivity contribution in [2.75, 3.05) is 12.9 Å². The standard InChI is InChI=1S/C21H19F2NO2S2/c1-26-20-7-3-2-5-15(20)12-24(13-17-6-4-10-27-17)21(25)14-28-16-8-9-18(22)19(23)11-16/h2-11H,12-14H2,1H3. The van der Waals surface area contributed by atoms with Crippen molar-refractivity contribution >= 4 is 29.0 Å². The molecule has 1 heterocycles. The highest BCUT2D eigenvalue weighted by Crippen LogP contribution is 2.24. The summed E-state index contributed by atoms with van der Waals surface area (Å²) < 4.78 is 31.9. The minimum Gasteiger partial charge on any atom is -0.496 e. The van der Waals surface area contributed by atoms with E-state index in [2.05, 4.69) is 0 Å². The van der Waals surface area contributed by atoms with Crippen LogP contribution in [0.2, 0.25) is 0 Å². The highest BCUT2D eigenvalue weighted by Gasteiger charge is 2.18. The second kappa shape index (κ2) is 9.71. The predicted molar refractivity (Wildman–Crippen MR) is 109 cm³/mol.